The zero-order valence-corrected chi connectivity index (χ0v) is 15.6. The number of benzene rings is 1. The van der Waals surface area contributed by atoms with E-state index in [0.29, 0.717) is 32.4 Å². The fourth-order valence-corrected chi connectivity index (χ4v) is 3.46. The minimum absolute atomic E-state index is 0.0669. The van der Waals surface area contributed by atoms with Crippen LogP contribution in [0.3, 0.4) is 0 Å². The van der Waals surface area contributed by atoms with Crippen molar-refractivity contribution in [2.24, 2.45) is 0 Å². The topological polar surface area (TPSA) is 70.7 Å². The highest BCUT2D eigenvalue weighted by atomic mass is 32.2. The van der Waals surface area contributed by atoms with Gasteiger partial charge < -0.3 is 5.32 Å². The highest BCUT2D eigenvalue weighted by Crippen LogP contribution is 2.17. The second kappa shape index (κ2) is 9.90. The lowest BCUT2D eigenvalue weighted by Gasteiger charge is -2.06. The van der Waals surface area contributed by atoms with E-state index in [1.807, 2.05) is 36.7 Å². The average Bonchev–Trinajstić information content (AvgIpc) is 2.89. The van der Waals surface area contributed by atoms with Crippen molar-refractivity contribution in [2.75, 3.05) is 12.3 Å². The van der Waals surface area contributed by atoms with Gasteiger partial charge in [-0.2, -0.15) is 10.4 Å². The molecule has 1 heterocycles. The van der Waals surface area contributed by atoms with Gasteiger partial charge in [-0.3, -0.25) is 9.48 Å². The summed E-state index contributed by atoms with van der Waals surface area (Å²) in [5.74, 6) is 0.928. The summed E-state index contributed by atoms with van der Waals surface area (Å²) in [6.45, 7) is 5.23. The Morgan fingerprint density at radius 2 is 2.08 bits per heavy atom. The van der Waals surface area contributed by atoms with Crippen LogP contribution in [0.1, 0.15) is 29.8 Å². The number of amides is 1. The van der Waals surface area contributed by atoms with Crippen LogP contribution in [0, 0.1) is 25.2 Å². The van der Waals surface area contributed by atoms with Crippen LogP contribution in [0.15, 0.2) is 35.2 Å². The van der Waals surface area contributed by atoms with Gasteiger partial charge in [0.05, 0.1) is 24.7 Å². The largest absolute Gasteiger partial charge is 0.355 e. The lowest BCUT2D eigenvalue weighted by Crippen LogP contribution is -2.26. The number of carbonyl (C=O) groups is 1. The fourth-order valence-electron chi connectivity index (χ4n) is 2.67. The van der Waals surface area contributed by atoms with Crippen molar-refractivity contribution in [1.82, 2.24) is 15.1 Å². The number of carbonyl (C=O) groups excluding carboxylic acids is 1. The Hall–Kier alpha value is -2.26. The number of nitriles is 1. The van der Waals surface area contributed by atoms with Gasteiger partial charge in [0.1, 0.15) is 0 Å². The summed E-state index contributed by atoms with van der Waals surface area (Å²) in [5.41, 5.74) is 3.12. The van der Waals surface area contributed by atoms with Crippen LogP contribution in [-0.2, 0) is 17.8 Å². The molecule has 2 aromatic rings. The van der Waals surface area contributed by atoms with Crippen molar-refractivity contribution in [3.63, 3.8) is 0 Å². The maximum Gasteiger partial charge on any atom is 0.220 e. The van der Waals surface area contributed by atoms with Crippen LogP contribution in [-0.4, -0.2) is 28.0 Å². The number of thioether (sulfide) groups is 1. The van der Waals surface area contributed by atoms with Gasteiger partial charge in [-0.15, -0.1) is 11.8 Å². The van der Waals surface area contributed by atoms with E-state index in [4.69, 9.17) is 5.26 Å². The summed E-state index contributed by atoms with van der Waals surface area (Å²) >= 11 is 1.74. The molecule has 132 valence electrons. The van der Waals surface area contributed by atoms with Crippen LogP contribution in [0.4, 0.5) is 0 Å². The first-order valence-electron chi connectivity index (χ1n) is 8.46. The molecule has 2 rings (SSSR count). The number of nitrogens with one attached hydrogen (secondary N) is 1. The number of hydrogen-bond acceptors (Lipinski definition) is 4. The van der Waals surface area contributed by atoms with E-state index in [1.54, 1.807) is 11.8 Å². The Morgan fingerprint density at radius 3 is 2.80 bits per heavy atom. The number of rotatable bonds is 9. The van der Waals surface area contributed by atoms with Gasteiger partial charge in [-0.05, 0) is 38.0 Å². The predicted molar refractivity (Wildman–Crippen MR) is 100 cm³/mol. The van der Waals surface area contributed by atoms with Crippen LogP contribution in [0.2, 0.25) is 0 Å². The molecule has 0 spiro atoms. The first-order chi connectivity index (χ1) is 12.1. The van der Waals surface area contributed by atoms with Crippen molar-refractivity contribution in [1.29, 1.82) is 5.26 Å². The quantitative estimate of drug-likeness (QED) is 0.553. The van der Waals surface area contributed by atoms with Crippen molar-refractivity contribution in [3.05, 3.63) is 47.3 Å². The van der Waals surface area contributed by atoms with E-state index >= 15 is 0 Å². The zero-order valence-electron chi connectivity index (χ0n) is 14.8. The van der Waals surface area contributed by atoms with Crippen molar-refractivity contribution in [2.45, 2.75) is 44.6 Å². The molecule has 1 N–H and O–H groups in total. The number of nitrogens with zero attached hydrogens (tertiary/aromatic N) is 3. The molecule has 0 fully saturated rings. The summed E-state index contributed by atoms with van der Waals surface area (Å²) in [6.07, 6.45) is 1.59. The second-order valence-corrected chi connectivity index (χ2v) is 6.96. The van der Waals surface area contributed by atoms with Crippen molar-refractivity contribution >= 4 is 17.7 Å². The molecule has 0 unspecified atom stereocenters. The summed E-state index contributed by atoms with van der Waals surface area (Å²) in [4.78, 5) is 13.3. The highest BCUT2D eigenvalue weighted by molar-refractivity contribution is 7.99. The molecule has 1 aromatic carbocycles. The van der Waals surface area contributed by atoms with Gasteiger partial charge in [0, 0.05) is 29.3 Å². The third-order valence-corrected chi connectivity index (χ3v) is 5.02. The van der Waals surface area contributed by atoms with Gasteiger partial charge in [-0.25, -0.2) is 0 Å². The molecule has 0 radical (unpaired) electrons. The molecule has 0 saturated carbocycles. The van der Waals surface area contributed by atoms with E-state index in [-0.39, 0.29) is 5.91 Å². The second-order valence-electron chi connectivity index (χ2n) is 5.79. The normalized spacial score (nSPS) is 10.4. The van der Waals surface area contributed by atoms with Crippen LogP contribution >= 0.6 is 11.8 Å². The molecule has 5 nitrogen and oxygen atoms in total. The smallest absolute Gasteiger partial charge is 0.220 e. The fraction of sp³-hybridized carbons (Fsp3) is 0.421. The zero-order chi connectivity index (χ0) is 18.1. The molecule has 0 aliphatic carbocycles. The predicted octanol–water partition coefficient (Wildman–Crippen LogP) is 3.25. The molecule has 0 bridgehead atoms. The summed E-state index contributed by atoms with van der Waals surface area (Å²) < 4.78 is 1.86. The minimum Gasteiger partial charge on any atom is -0.355 e. The molecule has 6 heteroatoms. The van der Waals surface area contributed by atoms with E-state index in [9.17, 15) is 4.79 Å². The SMILES string of the molecule is Cc1nn(CCC#N)c(C)c1CCC(=O)NCCSc1ccccc1. The number of aryl methyl sites for hydroxylation is 2. The molecule has 1 amide bonds. The van der Waals surface area contributed by atoms with Crippen LogP contribution in [0.25, 0.3) is 0 Å². The minimum atomic E-state index is 0.0669. The maximum absolute atomic E-state index is 12.0. The Kier molecular flexibility index (Phi) is 7.55. The maximum atomic E-state index is 12.0. The Bertz CT molecular complexity index is 734. The third-order valence-electron chi connectivity index (χ3n) is 4.00. The molecule has 0 aliphatic rings. The summed E-state index contributed by atoms with van der Waals surface area (Å²) in [6, 6.07) is 12.3. The van der Waals surface area contributed by atoms with Gasteiger partial charge in [-0.1, -0.05) is 18.2 Å². The molecular weight excluding hydrogens is 332 g/mol. The Morgan fingerprint density at radius 1 is 1.32 bits per heavy atom. The third kappa shape index (κ3) is 5.95. The summed E-state index contributed by atoms with van der Waals surface area (Å²) in [5, 5.41) is 16.1. The Labute approximate surface area is 153 Å². The first-order valence-corrected chi connectivity index (χ1v) is 9.44. The lowest BCUT2D eigenvalue weighted by molar-refractivity contribution is -0.120. The van der Waals surface area contributed by atoms with E-state index in [2.05, 4.69) is 28.6 Å². The van der Waals surface area contributed by atoms with Crippen molar-refractivity contribution in [3.8, 4) is 6.07 Å². The highest BCUT2D eigenvalue weighted by Gasteiger charge is 2.12. The average molecular weight is 356 g/mol. The van der Waals surface area contributed by atoms with Crippen molar-refractivity contribution < 1.29 is 4.79 Å². The first kappa shape index (κ1) is 19.1. The van der Waals surface area contributed by atoms with Crippen LogP contribution < -0.4 is 5.32 Å². The van der Waals surface area contributed by atoms with Gasteiger partial charge in [0.2, 0.25) is 5.91 Å². The van der Waals surface area contributed by atoms with E-state index < -0.39 is 0 Å². The molecule has 1 aromatic heterocycles. The molecule has 0 atom stereocenters. The molecule has 0 aliphatic heterocycles. The van der Waals surface area contributed by atoms with E-state index in [1.165, 1.54) is 4.90 Å². The van der Waals surface area contributed by atoms with Gasteiger partial charge in [0.15, 0.2) is 0 Å². The Balaban J connectivity index is 1.73. The molecule has 25 heavy (non-hydrogen) atoms. The van der Waals surface area contributed by atoms with E-state index in [0.717, 1.165) is 22.7 Å². The van der Waals surface area contributed by atoms with Gasteiger partial charge >= 0.3 is 0 Å². The lowest BCUT2D eigenvalue weighted by atomic mass is 10.1. The standard InChI is InChI=1S/C19H24N4OS/c1-15-18(16(2)23(22-15)13-6-11-20)9-10-19(24)21-12-14-25-17-7-4-3-5-8-17/h3-5,7-8H,6,9-10,12-14H2,1-2H3,(H,21,24). The molecular formula is C19H24N4OS. The number of hydrogen-bond donors (Lipinski definition) is 1. The number of aromatic nitrogens is 2. The monoisotopic (exact) mass is 356 g/mol. The van der Waals surface area contributed by atoms with Crippen LogP contribution in [0.5, 0.6) is 0 Å². The van der Waals surface area contributed by atoms with Gasteiger partial charge in [0.25, 0.3) is 0 Å². The summed E-state index contributed by atoms with van der Waals surface area (Å²) in [7, 11) is 0. The molecule has 0 saturated heterocycles.